The number of hydrogen-bond acceptors (Lipinski definition) is 1. The summed E-state index contributed by atoms with van der Waals surface area (Å²) in [5.74, 6) is 1.64. The summed E-state index contributed by atoms with van der Waals surface area (Å²) in [5, 5.41) is 0. The molecular weight excluding hydrogens is 157 g/mol. The molecule has 0 radical (unpaired) electrons. The van der Waals surface area contributed by atoms with Crippen molar-refractivity contribution >= 4 is 7.28 Å². The molecule has 0 rings (SSSR count). The first-order valence-corrected chi connectivity index (χ1v) is 5.89. The van der Waals surface area contributed by atoms with Gasteiger partial charge in [0.25, 0.3) is 0 Å². The molecule has 0 saturated carbocycles. The highest BCUT2D eigenvalue weighted by Gasteiger charge is 2.16. The maximum Gasteiger partial charge on any atom is 0.145 e. The van der Waals surface area contributed by atoms with Gasteiger partial charge in [-0.2, -0.15) is 0 Å². The van der Waals surface area contributed by atoms with E-state index in [0.717, 1.165) is 11.8 Å². The summed E-state index contributed by atoms with van der Waals surface area (Å²) in [6.45, 7) is 14.0. The third kappa shape index (κ3) is 5.35. The van der Waals surface area contributed by atoms with Gasteiger partial charge >= 0.3 is 0 Å². The second-order valence-corrected chi connectivity index (χ2v) is 4.32. The van der Waals surface area contributed by atoms with Crippen LogP contribution >= 0.6 is 0 Å². The Bertz CT molecular complexity index is 115. The van der Waals surface area contributed by atoms with Crippen LogP contribution in [-0.4, -0.2) is 31.2 Å². The fourth-order valence-electron chi connectivity index (χ4n) is 2.00. The molecule has 0 aliphatic rings. The largest absolute Gasteiger partial charge is 0.308 e. The van der Waals surface area contributed by atoms with Gasteiger partial charge in [0.05, 0.1) is 0 Å². The lowest BCUT2D eigenvalue weighted by atomic mass is 9.58. The van der Waals surface area contributed by atoms with E-state index in [4.69, 9.17) is 0 Å². The van der Waals surface area contributed by atoms with Crippen molar-refractivity contribution in [3.8, 4) is 0 Å². The van der Waals surface area contributed by atoms with Gasteiger partial charge in [0.2, 0.25) is 0 Å². The van der Waals surface area contributed by atoms with Gasteiger partial charge in [-0.1, -0.05) is 40.4 Å². The molecule has 0 spiro atoms. The molecule has 0 fully saturated rings. The molecule has 0 heterocycles. The van der Waals surface area contributed by atoms with Gasteiger partial charge in [-0.3, -0.25) is 0 Å². The van der Waals surface area contributed by atoms with Gasteiger partial charge in [-0.25, -0.2) is 0 Å². The Morgan fingerprint density at radius 2 is 1.77 bits per heavy atom. The number of nitrogens with zero attached hydrogens (tertiary/aromatic N) is 1. The molecule has 0 aromatic rings. The van der Waals surface area contributed by atoms with E-state index in [1.165, 1.54) is 33.2 Å². The Hall–Kier alpha value is 0.0249. The highest BCUT2D eigenvalue weighted by atomic mass is 15.1. The van der Waals surface area contributed by atoms with Crippen LogP contribution in [0.3, 0.4) is 0 Å². The second kappa shape index (κ2) is 7.43. The number of hydrogen-bond donors (Lipinski definition) is 0. The molecule has 0 aromatic heterocycles. The van der Waals surface area contributed by atoms with Crippen LogP contribution in [-0.2, 0) is 0 Å². The maximum absolute atomic E-state index is 2.62. The molecule has 1 nitrogen and oxygen atoms in total. The molecule has 0 amide bonds. The Balaban J connectivity index is 4.00. The average molecular weight is 183 g/mol. The Kier molecular flexibility index (Phi) is 7.45. The summed E-state index contributed by atoms with van der Waals surface area (Å²) in [4.78, 5) is 2.62. The van der Waals surface area contributed by atoms with E-state index in [1.807, 2.05) is 0 Å². The molecule has 0 saturated heterocycles. The predicted octanol–water partition coefficient (Wildman–Crippen LogP) is 2.72. The molecule has 13 heavy (non-hydrogen) atoms. The molecular formula is C11H26BN. The fourth-order valence-corrected chi connectivity index (χ4v) is 2.00. The average Bonchev–Trinajstić information content (AvgIpc) is 2.10. The zero-order valence-electron chi connectivity index (χ0n) is 10.1. The second-order valence-electron chi connectivity index (χ2n) is 4.32. The van der Waals surface area contributed by atoms with E-state index < -0.39 is 0 Å². The third-order valence-electron chi connectivity index (χ3n) is 2.65. The van der Waals surface area contributed by atoms with Crippen molar-refractivity contribution < 1.29 is 0 Å². The van der Waals surface area contributed by atoms with Gasteiger partial charge < -0.3 is 4.90 Å². The van der Waals surface area contributed by atoms with E-state index in [2.05, 4.69) is 39.5 Å². The summed E-state index contributed by atoms with van der Waals surface area (Å²) in [6.07, 6.45) is 2.58. The van der Waals surface area contributed by atoms with Crippen molar-refractivity contribution in [1.29, 1.82) is 0 Å². The maximum atomic E-state index is 2.62. The van der Waals surface area contributed by atoms with Crippen LogP contribution in [0.2, 0.25) is 5.82 Å². The summed E-state index contributed by atoms with van der Waals surface area (Å²) < 4.78 is 0. The highest BCUT2D eigenvalue weighted by molar-refractivity contribution is 6.39. The van der Waals surface area contributed by atoms with Crippen molar-refractivity contribution in [2.24, 2.45) is 0 Å². The Morgan fingerprint density at radius 3 is 2.08 bits per heavy atom. The normalized spacial score (nSPS) is 13.8. The summed E-state index contributed by atoms with van der Waals surface area (Å²) >= 11 is 0. The van der Waals surface area contributed by atoms with E-state index in [9.17, 15) is 0 Å². The fraction of sp³-hybridized carbons (Fsp3) is 1.00. The van der Waals surface area contributed by atoms with Crippen LogP contribution < -0.4 is 0 Å². The van der Waals surface area contributed by atoms with Gasteiger partial charge in [-0.15, -0.1) is 0 Å². The summed E-state index contributed by atoms with van der Waals surface area (Å²) in [6, 6.07) is 0. The van der Waals surface area contributed by atoms with Crippen molar-refractivity contribution in [1.82, 2.24) is 4.90 Å². The topological polar surface area (TPSA) is 3.24 Å². The van der Waals surface area contributed by atoms with Crippen LogP contribution in [0.4, 0.5) is 0 Å². The lowest BCUT2D eigenvalue weighted by Crippen LogP contribution is -2.40. The van der Waals surface area contributed by atoms with Crippen molar-refractivity contribution in [2.75, 3.05) is 13.1 Å². The zero-order valence-corrected chi connectivity index (χ0v) is 10.1. The molecule has 1 unspecified atom stereocenters. The molecule has 0 bridgehead atoms. The smallest absolute Gasteiger partial charge is 0.145 e. The Morgan fingerprint density at radius 1 is 1.15 bits per heavy atom. The minimum atomic E-state index is 0.810. The molecule has 0 aliphatic heterocycles. The van der Waals surface area contributed by atoms with Crippen molar-refractivity contribution in [3.05, 3.63) is 0 Å². The molecule has 0 N–H and O–H groups in total. The third-order valence-corrected chi connectivity index (χ3v) is 2.65. The van der Waals surface area contributed by atoms with E-state index >= 15 is 0 Å². The van der Waals surface area contributed by atoms with E-state index in [-0.39, 0.29) is 0 Å². The van der Waals surface area contributed by atoms with E-state index in [0.29, 0.717) is 0 Å². The quantitative estimate of drug-likeness (QED) is 0.548. The van der Waals surface area contributed by atoms with Crippen LogP contribution in [0.25, 0.3) is 0 Å². The lowest BCUT2D eigenvalue weighted by molar-refractivity contribution is 0.256. The zero-order chi connectivity index (χ0) is 10.3. The van der Waals surface area contributed by atoms with Crippen LogP contribution in [0.5, 0.6) is 0 Å². The molecule has 0 aromatic carbocycles. The van der Waals surface area contributed by atoms with Gasteiger partial charge in [-0.05, 0) is 31.9 Å². The van der Waals surface area contributed by atoms with Gasteiger partial charge in [0.1, 0.15) is 7.28 Å². The standard InChI is InChI=1S/C11H26BN/c1-6-9-13(8-3)11(7-2)12-10(4)5/h10-12H,6-9H2,1-5H3. The minimum absolute atomic E-state index is 0.810. The Labute approximate surface area is 85.1 Å². The predicted molar refractivity (Wildman–Crippen MR) is 63.9 cm³/mol. The SMILES string of the molecule is CCCN(CC)C(BC(C)C)CC. The van der Waals surface area contributed by atoms with Gasteiger partial charge in [0, 0.05) is 0 Å². The van der Waals surface area contributed by atoms with Crippen LogP contribution in [0.15, 0.2) is 0 Å². The summed E-state index contributed by atoms with van der Waals surface area (Å²) in [5.41, 5.74) is 0. The van der Waals surface area contributed by atoms with E-state index in [1.54, 1.807) is 0 Å². The first-order chi connectivity index (χ1) is 6.15. The molecule has 2 heteroatoms. The molecule has 1 atom stereocenters. The highest BCUT2D eigenvalue weighted by Crippen LogP contribution is 2.10. The van der Waals surface area contributed by atoms with Gasteiger partial charge in [0.15, 0.2) is 0 Å². The summed E-state index contributed by atoms with van der Waals surface area (Å²) in [7, 11) is 1.35. The van der Waals surface area contributed by atoms with Crippen LogP contribution in [0.1, 0.15) is 47.5 Å². The first kappa shape index (κ1) is 13.0. The van der Waals surface area contributed by atoms with Crippen molar-refractivity contribution in [2.45, 2.75) is 59.2 Å². The first-order valence-electron chi connectivity index (χ1n) is 5.89. The lowest BCUT2D eigenvalue weighted by Gasteiger charge is -2.30. The van der Waals surface area contributed by atoms with Crippen molar-refractivity contribution in [3.63, 3.8) is 0 Å². The number of rotatable bonds is 7. The molecule has 0 aliphatic carbocycles. The minimum Gasteiger partial charge on any atom is -0.308 e. The van der Waals surface area contributed by atoms with Crippen LogP contribution in [0, 0.1) is 0 Å². The monoisotopic (exact) mass is 183 g/mol. The molecule has 78 valence electrons.